The Bertz CT molecular complexity index is 1120. The van der Waals surface area contributed by atoms with Crippen molar-refractivity contribution in [3.8, 4) is 5.69 Å². The van der Waals surface area contributed by atoms with Crippen LogP contribution in [0.3, 0.4) is 0 Å². The first-order chi connectivity index (χ1) is 13.4. The second kappa shape index (κ2) is 8.26. The van der Waals surface area contributed by atoms with Crippen LogP contribution in [0, 0.1) is 13.8 Å². The van der Waals surface area contributed by atoms with Crippen LogP contribution in [0.25, 0.3) is 16.6 Å². The van der Waals surface area contributed by atoms with Gasteiger partial charge in [-0.15, -0.1) is 0 Å². The normalized spacial score (nSPS) is 10.8. The minimum atomic E-state index is -0.883. The predicted octanol–water partition coefficient (Wildman–Crippen LogP) is 2.68. The number of primary amides is 1. The van der Waals surface area contributed by atoms with E-state index in [-0.39, 0.29) is 12.0 Å². The highest BCUT2D eigenvalue weighted by Crippen LogP contribution is 2.24. The molecule has 0 bridgehead atoms. The monoisotopic (exact) mass is 396 g/mol. The van der Waals surface area contributed by atoms with E-state index < -0.39 is 11.9 Å². The van der Waals surface area contributed by atoms with Crippen LogP contribution in [0.4, 0.5) is 4.79 Å². The van der Waals surface area contributed by atoms with Gasteiger partial charge < -0.3 is 5.73 Å². The Morgan fingerprint density at radius 2 is 1.89 bits per heavy atom. The number of benzene rings is 2. The number of hydrogen-bond acceptors (Lipinski definition) is 5. The Labute approximate surface area is 166 Å². The third-order valence-corrected chi connectivity index (χ3v) is 5.33. The topological polar surface area (TPSA) is 107 Å². The van der Waals surface area contributed by atoms with Gasteiger partial charge in [-0.25, -0.2) is 9.78 Å². The molecule has 0 saturated carbocycles. The minimum absolute atomic E-state index is 0.0725. The highest BCUT2D eigenvalue weighted by Gasteiger charge is 2.16. The summed E-state index contributed by atoms with van der Waals surface area (Å²) in [5.74, 6) is -0.129. The summed E-state index contributed by atoms with van der Waals surface area (Å²) in [6.45, 7) is 3.94. The van der Waals surface area contributed by atoms with Crippen LogP contribution in [0.1, 0.15) is 17.5 Å². The SMILES string of the molecule is Cc1cccc(-n2c(SCCC(=O)NC(N)=O)nc3ccccc3c2=O)c1C. The fourth-order valence-corrected chi connectivity index (χ4v) is 3.78. The van der Waals surface area contributed by atoms with E-state index in [1.54, 1.807) is 22.8 Å². The summed E-state index contributed by atoms with van der Waals surface area (Å²) in [7, 11) is 0. The molecule has 0 spiro atoms. The van der Waals surface area contributed by atoms with E-state index in [0.29, 0.717) is 21.8 Å². The average Bonchev–Trinajstić information content (AvgIpc) is 2.64. The van der Waals surface area contributed by atoms with Crippen molar-refractivity contribution in [2.75, 3.05) is 5.75 Å². The quantitative estimate of drug-likeness (QED) is 0.509. The van der Waals surface area contributed by atoms with Gasteiger partial charge in [0.2, 0.25) is 5.91 Å². The number of thioether (sulfide) groups is 1. The molecule has 3 rings (SSSR count). The third kappa shape index (κ3) is 4.07. The van der Waals surface area contributed by atoms with Crippen LogP contribution in [-0.4, -0.2) is 27.2 Å². The maximum Gasteiger partial charge on any atom is 0.318 e. The van der Waals surface area contributed by atoms with E-state index in [2.05, 4.69) is 4.98 Å². The molecule has 0 aliphatic carbocycles. The maximum atomic E-state index is 13.2. The number of nitrogens with one attached hydrogen (secondary N) is 1. The number of carbonyl (C=O) groups excluding carboxylic acids is 2. The summed E-state index contributed by atoms with van der Waals surface area (Å²) in [5.41, 5.74) is 8.19. The number of hydrogen-bond donors (Lipinski definition) is 2. The lowest BCUT2D eigenvalue weighted by atomic mass is 10.1. The first-order valence-corrected chi connectivity index (χ1v) is 9.67. The molecule has 7 nitrogen and oxygen atoms in total. The summed E-state index contributed by atoms with van der Waals surface area (Å²) in [5, 5.41) is 3.05. The molecular weight excluding hydrogens is 376 g/mol. The number of urea groups is 1. The molecule has 1 heterocycles. The maximum absolute atomic E-state index is 13.2. The number of nitrogens with two attached hydrogens (primary N) is 1. The number of carbonyl (C=O) groups is 2. The average molecular weight is 396 g/mol. The molecule has 3 aromatic rings. The number of para-hydroxylation sites is 1. The second-order valence-corrected chi connectivity index (χ2v) is 7.34. The molecule has 0 unspecified atom stereocenters. The van der Waals surface area contributed by atoms with Crippen molar-refractivity contribution in [1.82, 2.24) is 14.9 Å². The molecule has 2 aromatic carbocycles. The molecule has 0 fully saturated rings. The van der Waals surface area contributed by atoms with Crippen molar-refractivity contribution in [3.63, 3.8) is 0 Å². The molecule has 28 heavy (non-hydrogen) atoms. The van der Waals surface area contributed by atoms with Crippen LogP contribution >= 0.6 is 11.8 Å². The lowest BCUT2D eigenvalue weighted by Crippen LogP contribution is -2.35. The van der Waals surface area contributed by atoms with Gasteiger partial charge in [-0.05, 0) is 43.2 Å². The lowest BCUT2D eigenvalue weighted by molar-refractivity contribution is -0.119. The fourth-order valence-electron chi connectivity index (χ4n) is 2.83. The molecular formula is C20H20N4O3S. The van der Waals surface area contributed by atoms with Gasteiger partial charge in [-0.2, -0.15) is 0 Å². The van der Waals surface area contributed by atoms with Crippen LogP contribution in [0.5, 0.6) is 0 Å². The van der Waals surface area contributed by atoms with Crippen LogP contribution in [0.15, 0.2) is 52.4 Å². The van der Waals surface area contributed by atoms with Gasteiger partial charge in [0.05, 0.1) is 16.6 Å². The van der Waals surface area contributed by atoms with Gasteiger partial charge in [-0.3, -0.25) is 19.5 Å². The van der Waals surface area contributed by atoms with E-state index in [4.69, 9.17) is 5.73 Å². The molecule has 144 valence electrons. The van der Waals surface area contributed by atoms with Crippen molar-refractivity contribution in [2.45, 2.75) is 25.4 Å². The highest BCUT2D eigenvalue weighted by molar-refractivity contribution is 7.99. The number of imide groups is 1. The largest absolute Gasteiger partial charge is 0.351 e. The molecule has 0 saturated heterocycles. The lowest BCUT2D eigenvalue weighted by Gasteiger charge is -2.16. The zero-order chi connectivity index (χ0) is 20.3. The predicted molar refractivity (Wildman–Crippen MR) is 110 cm³/mol. The zero-order valence-electron chi connectivity index (χ0n) is 15.6. The van der Waals surface area contributed by atoms with Gasteiger partial charge in [0.1, 0.15) is 0 Å². The Hall–Kier alpha value is -3.13. The number of aryl methyl sites for hydroxylation is 1. The molecule has 0 aliphatic heterocycles. The standard InChI is InChI=1S/C20H20N4O3S/c1-12-6-5-9-16(13(12)2)24-18(26)14-7-3-4-8-15(14)22-20(24)28-11-10-17(25)23-19(21)27/h3-9H,10-11H2,1-2H3,(H3,21,23,25,27). The summed E-state index contributed by atoms with van der Waals surface area (Å²) < 4.78 is 1.58. The minimum Gasteiger partial charge on any atom is -0.351 e. The Kier molecular flexibility index (Phi) is 5.79. The molecule has 0 aliphatic rings. The first-order valence-electron chi connectivity index (χ1n) is 8.69. The molecule has 3 N–H and O–H groups in total. The Morgan fingerprint density at radius 3 is 2.64 bits per heavy atom. The van der Waals surface area contributed by atoms with Crippen molar-refractivity contribution >= 4 is 34.6 Å². The third-order valence-electron chi connectivity index (χ3n) is 4.38. The summed E-state index contributed by atoms with van der Waals surface area (Å²) >= 11 is 1.28. The van der Waals surface area contributed by atoms with Crippen molar-refractivity contribution in [2.24, 2.45) is 5.73 Å². The van der Waals surface area contributed by atoms with Crippen LogP contribution in [-0.2, 0) is 4.79 Å². The fraction of sp³-hybridized carbons (Fsp3) is 0.200. The summed E-state index contributed by atoms with van der Waals surface area (Å²) in [6, 6.07) is 12.0. The molecule has 3 amide bonds. The number of aromatic nitrogens is 2. The van der Waals surface area contributed by atoms with E-state index in [1.165, 1.54) is 11.8 Å². The smallest absolute Gasteiger partial charge is 0.318 e. The number of amides is 3. The van der Waals surface area contributed by atoms with Gasteiger partial charge in [0.15, 0.2) is 5.16 Å². The molecule has 0 radical (unpaired) electrons. The van der Waals surface area contributed by atoms with Crippen molar-refractivity contribution in [1.29, 1.82) is 0 Å². The number of nitrogens with zero attached hydrogens (tertiary/aromatic N) is 2. The van der Waals surface area contributed by atoms with E-state index in [1.807, 2.05) is 43.4 Å². The van der Waals surface area contributed by atoms with E-state index in [9.17, 15) is 14.4 Å². The van der Waals surface area contributed by atoms with Gasteiger partial charge >= 0.3 is 6.03 Å². The summed E-state index contributed by atoms with van der Waals surface area (Å²) in [4.78, 5) is 40.3. The van der Waals surface area contributed by atoms with Crippen LogP contribution in [0.2, 0.25) is 0 Å². The highest BCUT2D eigenvalue weighted by atomic mass is 32.2. The van der Waals surface area contributed by atoms with E-state index in [0.717, 1.165) is 16.8 Å². The van der Waals surface area contributed by atoms with Gasteiger partial charge in [-0.1, -0.05) is 36.0 Å². The van der Waals surface area contributed by atoms with Crippen LogP contribution < -0.4 is 16.6 Å². The second-order valence-electron chi connectivity index (χ2n) is 6.28. The van der Waals surface area contributed by atoms with Gasteiger partial charge in [0.25, 0.3) is 5.56 Å². The van der Waals surface area contributed by atoms with Gasteiger partial charge in [0, 0.05) is 12.2 Å². The Balaban J connectivity index is 2.05. The van der Waals surface area contributed by atoms with Crippen molar-refractivity contribution < 1.29 is 9.59 Å². The van der Waals surface area contributed by atoms with E-state index >= 15 is 0 Å². The Morgan fingerprint density at radius 1 is 1.14 bits per heavy atom. The number of fused-ring (bicyclic) bond motifs is 1. The van der Waals surface area contributed by atoms with Crippen molar-refractivity contribution in [3.05, 3.63) is 63.9 Å². The first kappa shape index (κ1) is 19.6. The summed E-state index contributed by atoms with van der Waals surface area (Å²) in [6.07, 6.45) is 0.0725. The molecule has 0 atom stereocenters. The molecule has 8 heteroatoms. The molecule has 1 aromatic heterocycles. The zero-order valence-corrected chi connectivity index (χ0v) is 16.4. The number of rotatable bonds is 5.